The van der Waals surface area contributed by atoms with Gasteiger partial charge in [-0.1, -0.05) is 0 Å². The Labute approximate surface area is 96.9 Å². The van der Waals surface area contributed by atoms with E-state index in [1.165, 1.54) is 12.1 Å². The monoisotopic (exact) mass is 238 g/mol. The average Bonchev–Trinajstić information content (AvgIpc) is 2.26. The number of nitro groups is 1. The summed E-state index contributed by atoms with van der Waals surface area (Å²) in [6.45, 7) is 2.46. The Kier molecular flexibility index (Phi) is 4.94. The summed E-state index contributed by atoms with van der Waals surface area (Å²) < 4.78 is 10.4. The van der Waals surface area contributed by atoms with Crippen molar-refractivity contribution in [3.05, 3.63) is 33.9 Å². The summed E-state index contributed by atoms with van der Waals surface area (Å²) >= 11 is 0. The number of hydrogen-bond donors (Lipinski definition) is 0. The van der Waals surface area contributed by atoms with E-state index in [4.69, 9.17) is 9.47 Å². The van der Waals surface area contributed by atoms with Crippen LogP contribution in [0, 0.1) is 17.0 Å². The Balaban J connectivity index is 2.57. The van der Waals surface area contributed by atoms with Crippen molar-refractivity contribution < 1.29 is 14.4 Å². The Morgan fingerprint density at radius 2 is 2.25 bits per heavy atom. The SMILES string of the molecule is Cc1cc([N+](=O)[O-])ccc1OCOCC[Si]. The molecule has 0 aliphatic heterocycles. The predicted octanol–water partition coefficient (Wildman–Crippen LogP) is 1.84. The average molecular weight is 238 g/mol. The van der Waals surface area contributed by atoms with Crippen molar-refractivity contribution >= 4 is 15.9 Å². The van der Waals surface area contributed by atoms with Gasteiger partial charge in [0, 0.05) is 29.0 Å². The third kappa shape index (κ3) is 3.63. The Bertz CT molecular complexity index is 370. The maximum atomic E-state index is 10.5. The molecule has 16 heavy (non-hydrogen) atoms. The molecule has 1 rings (SSSR count). The lowest BCUT2D eigenvalue weighted by molar-refractivity contribution is -0.384. The quantitative estimate of drug-likeness (QED) is 0.249. The van der Waals surface area contributed by atoms with Gasteiger partial charge in [0.1, 0.15) is 5.75 Å². The smallest absolute Gasteiger partial charge is 0.269 e. The summed E-state index contributed by atoms with van der Waals surface area (Å²) in [6, 6.07) is 5.19. The fraction of sp³-hybridized carbons (Fsp3) is 0.400. The van der Waals surface area contributed by atoms with Gasteiger partial charge in [-0.15, -0.1) is 0 Å². The van der Waals surface area contributed by atoms with Gasteiger partial charge >= 0.3 is 0 Å². The van der Waals surface area contributed by atoms with Crippen LogP contribution >= 0.6 is 0 Å². The number of hydrogen-bond acceptors (Lipinski definition) is 4. The molecule has 0 N–H and O–H groups in total. The molecule has 0 saturated heterocycles. The molecule has 0 bridgehead atoms. The van der Waals surface area contributed by atoms with Crippen LogP contribution < -0.4 is 4.74 Å². The van der Waals surface area contributed by atoms with E-state index in [0.29, 0.717) is 12.4 Å². The van der Waals surface area contributed by atoms with E-state index in [-0.39, 0.29) is 12.5 Å². The van der Waals surface area contributed by atoms with E-state index < -0.39 is 4.92 Å². The number of nitrogens with zero attached hydrogens (tertiary/aromatic N) is 1. The lowest BCUT2D eigenvalue weighted by Gasteiger charge is -2.08. The van der Waals surface area contributed by atoms with Crippen molar-refractivity contribution in [1.29, 1.82) is 0 Å². The van der Waals surface area contributed by atoms with Crippen molar-refractivity contribution in [2.75, 3.05) is 13.4 Å². The first-order chi connectivity index (χ1) is 7.65. The first kappa shape index (κ1) is 12.7. The minimum Gasteiger partial charge on any atom is -0.467 e. The van der Waals surface area contributed by atoms with Crippen LogP contribution in [0.4, 0.5) is 5.69 Å². The van der Waals surface area contributed by atoms with Gasteiger partial charge in [0.15, 0.2) is 6.79 Å². The second-order valence-corrected chi connectivity index (χ2v) is 3.63. The summed E-state index contributed by atoms with van der Waals surface area (Å²) in [5, 5.41) is 10.5. The van der Waals surface area contributed by atoms with Crippen LogP contribution in [-0.2, 0) is 4.74 Å². The molecule has 0 aromatic heterocycles. The van der Waals surface area contributed by atoms with Gasteiger partial charge in [-0.25, -0.2) is 0 Å². The highest BCUT2D eigenvalue weighted by Gasteiger charge is 2.08. The molecule has 5 nitrogen and oxygen atoms in total. The first-order valence-corrected chi connectivity index (χ1v) is 5.46. The summed E-state index contributed by atoms with van der Waals surface area (Å²) in [4.78, 5) is 10.1. The molecular weight excluding hydrogens is 226 g/mol. The van der Waals surface area contributed by atoms with E-state index in [2.05, 4.69) is 10.2 Å². The van der Waals surface area contributed by atoms with Crippen LogP contribution in [0.3, 0.4) is 0 Å². The third-order valence-electron chi connectivity index (χ3n) is 1.91. The van der Waals surface area contributed by atoms with E-state index >= 15 is 0 Å². The van der Waals surface area contributed by atoms with E-state index in [9.17, 15) is 10.1 Å². The number of nitro benzene ring substituents is 1. The van der Waals surface area contributed by atoms with Crippen molar-refractivity contribution in [1.82, 2.24) is 0 Å². The molecule has 0 unspecified atom stereocenters. The number of ether oxygens (including phenoxy) is 2. The largest absolute Gasteiger partial charge is 0.467 e. The summed E-state index contributed by atoms with van der Waals surface area (Å²) in [5.74, 6) is 0.597. The molecule has 0 heterocycles. The van der Waals surface area contributed by atoms with Crippen LogP contribution in [0.15, 0.2) is 18.2 Å². The van der Waals surface area contributed by atoms with Crippen molar-refractivity contribution in [3.8, 4) is 5.75 Å². The lowest BCUT2D eigenvalue weighted by atomic mass is 10.2. The number of non-ortho nitro benzene ring substituents is 1. The van der Waals surface area contributed by atoms with Crippen LogP contribution in [0.5, 0.6) is 5.75 Å². The predicted molar refractivity (Wildman–Crippen MR) is 59.8 cm³/mol. The van der Waals surface area contributed by atoms with Gasteiger partial charge in [-0.3, -0.25) is 10.1 Å². The number of rotatable bonds is 6. The second kappa shape index (κ2) is 6.24. The molecule has 1 aromatic rings. The fourth-order valence-corrected chi connectivity index (χ4v) is 1.29. The minimum absolute atomic E-state index is 0.0610. The van der Waals surface area contributed by atoms with Crippen LogP contribution in [0.2, 0.25) is 6.04 Å². The second-order valence-electron chi connectivity index (χ2n) is 3.13. The summed E-state index contributed by atoms with van der Waals surface area (Å²) in [6.07, 6.45) is 0. The van der Waals surface area contributed by atoms with Gasteiger partial charge in [-0.05, 0) is 24.6 Å². The number of aryl methyl sites for hydroxylation is 1. The van der Waals surface area contributed by atoms with Crippen LogP contribution in [-0.4, -0.2) is 28.6 Å². The standard InChI is InChI=1S/C10H12NO4Si/c1-8-6-9(11(12)13)2-3-10(8)15-7-14-4-5-16/h2-3,6H,4-5,7H2,1H3. The summed E-state index contributed by atoms with van der Waals surface area (Å²) in [5.41, 5.74) is 0.780. The minimum atomic E-state index is -0.433. The maximum Gasteiger partial charge on any atom is 0.269 e. The normalized spacial score (nSPS) is 10.1. The Hall–Kier alpha value is -1.40. The zero-order chi connectivity index (χ0) is 12.0. The third-order valence-corrected chi connectivity index (χ3v) is 2.12. The van der Waals surface area contributed by atoms with Crippen LogP contribution in [0.25, 0.3) is 0 Å². The van der Waals surface area contributed by atoms with E-state index in [1.54, 1.807) is 13.0 Å². The molecule has 3 radical (unpaired) electrons. The summed E-state index contributed by atoms with van der Waals surface area (Å²) in [7, 11) is 3.27. The Morgan fingerprint density at radius 1 is 1.50 bits per heavy atom. The molecule has 0 atom stereocenters. The maximum absolute atomic E-state index is 10.5. The highest BCUT2D eigenvalue weighted by atomic mass is 28.1. The van der Waals surface area contributed by atoms with Gasteiger partial charge < -0.3 is 9.47 Å². The Morgan fingerprint density at radius 3 is 2.81 bits per heavy atom. The molecule has 0 aliphatic rings. The molecular formula is C10H12NO4Si. The molecule has 0 saturated carbocycles. The topological polar surface area (TPSA) is 61.6 Å². The molecule has 0 fully saturated rings. The van der Waals surface area contributed by atoms with E-state index in [0.717, 1.165) is 11.6 Å². The highest BCUT2D eigenvalue weighted by molar-refractivity contribution is 6.08. The van der Waals surface area contributed by atoms with Crippen molar-refractivity contribution in [2.45, 2.75) is 13.0 Å². The highest BCUT2D eigenvalue weighted by Crippen LogP contribution is 2.23. The first-order valence-electron chi connectivity index (χ1n) is 4.75. The zero-order valence-electron chi connectivity index (χ0n) is 8.93. The molecule has 85 valence electrons. The molecule has 0 aliphatic carbocycles. The van der Waals surface area contributed by atoms with Crippen LogP contribution in [0.1, 0.15) is 5.56 Å². The number of benzene rings is 1. The van der Waals surface area contributed by atoms with E-state index in [1.807, 2.05) is 0 Å². The van der Waals surface area contributed by atoms with Gasteiger partial charge in [0.25, 0.3) is 5.69 Å². The van der Waals surface area contributed by atoms with Crippen molar-refractivity contribution in [2.24, 2.45) is 0 Å². The lowest BCUT2D eigenvalue weighted by Crippen LogP contribution is -2.04. The zero-order valence-corrected chi connectivity index (χ0v) is 9.93. The van der Waals surface area contributed by atoms with Gasteiger partial charge in [0.2, 0.25) is 0 Å². The molecule has 0 spiro atoms. The fourth-order valence-electron chi connectivity index (χ4n) is 1.15. The van der Waals surface area contributed by atoms with Crippen molar-refractivity contribution in [3.63, 3.8) is 0 Å². The van der Waals surface area contributed by atoms with Gasteiger partial charge in [-0.2, -0.15) is 0 Å². The molecule has 1 aromatic carbocycles. The molecule has 0 amide bonds. The molecule has 6 heteroatoms. The van der Waals surface area contributed by atoms with Gasteiger partial charge in [0.05, 0.1) is 4.92 Å².